The summed E-state index contributed by atoms with van der Waals surface area (Å²) in [6, 6.07) is 0. The van der Waals surface area contributed by atoms with Gasteiger partial charge in [-0.15, -0.1) is 6.42 Å². The number of aromatic nitrogens is 4. The van der Waals surface area contributed by atoms with Crippen LogP contribution in [0.25, 0.3) is 11.2 Å². The Labute approximate surface area is 188 Å². The fraction of sp³-hybridized carbons (Fsp3) is 0.385. The molecule has 21 heteroatoms. The fourth-order valence-corrected chi connectivity index (χ4v) is 6.10. The maximum Gasteiger partial charge on any atom is 0.490 e. The monoisotopic (exact) mass is 545 g/mol. The van der Waals surface area contributed by atoms with Crippen molar-refractivity contribution in [3.8, 4) is 12.3 Å². The van der Waals surface area contributed by atoms with Crippen molar-refractivity contribution in [2.45, 2.75) is 18.2 Å². The third-order valence-electron chi connectivity index (χ3n) is 4.40. The number of nitrogen functional groups attached to an aromatic ring is 1. The summed E-state index contributed by atoms with van der Waals surface area (Å²) in [6.45, 7) is -1.08. The number of phosphoric ester groups is 1. The van der Waals surface area contributed by atoms with Gasteiger partial charge in [0.1, 0.15) is 12.5 Å². The summed E-state index contributed by atoms with van der Waals surface area (Å²) < 4.78 is 66.4. The predicted octanol–water partition coefficient (Wildman–Crippen LogP) is -0.00310. The summed E-state index contributed by atoms with van der Waals surface area (Å²) in [5, 5.41) is 0. The lowest BCUT2D eigenvalue weighted by molar-refractivity contribution is -0.118. The van der Waals surface area contributed by atoms with Crippen LogP contribution in [-0.4, -0.2) is 57.6 Å². The average Bonchev–Trinajstić information content (AvgIpc) is 3.25. The Balaban J connectivity index is 1.83. The van der Waals surface area contributed by atoms with Gasteiger partial charge >= 0.3 is 29.5 Å². The van der Waals surface area contributed by atoms with Gasteiger partial charge in [0.2, 0.25) is 0 Å². The van der Waals surface area contributed by atoms with E-state index in [1.54, 1.807) is 0 Å². The number of nitrogens with two attached hydrogens (primary N) is 1. The Kier molecular flexibility index (Phi) is 7.13. The Hall–Kier alpha value is -2.12. The molecule has 1 fully saturated rings. The van der Waals surface area contributed by atoms with Gasteiger partial charge in [-0.1, -0.05) is 5.92 Å². The zero-order chi connectivity index (χ0) is 25.5. The molecule has 1 aliphatic heterocycles. The van der Waals surface area contributed by atoms with E-state index in [4.69, 9.17) is 26.7 Å². The molecule has 1 aliphatic rings. The van der Waals surface area contributed by atoms with Gasteiger partial charge in [0.05, 0.1) is 18.9 Å². The third kappa shape index (κ3) is 5.74. The second-order valence-electron chi connectivity index (χ2n) is 6.65. The van der Waals surface area contributed by atoms with Crippen LogP contribution in [0.15, 0.2) is 6.33 Å². The first-order valence-electron chi connectivity index (χ1n) is 8.65. The van der Waals surface area contributed by atoms with Crippen LogP contribution in [0.3, 0.4) is 0 Å². The highest BCUT2D eigenvalue weighted by molar-refractivity contribution is 7.66. The lowest BCUT2D eigenvalue weighted by atomic mass is 9.90. The molecule has 0 amide bonds. The Morgan fingerprint density at radius 3 is 2.56 bits per heavy atom. The number of fused-ring (bicyclic) bond motifs is 1. The largest absolute Gasteiger partial charge is 0.490 e. The number of imidazole rings is 1. The van der Waals surface area contributed by atoms with Crippen LogP contribution in [0.1, 0.15) is 12.6 Å². The molecule has 2 aromatic heterocycles. The SMILES string of the molecule is C#C[C@]1(COP(=O)(O)OP(=O)(O)OP(=O)(O)O)O[C@@H](n2cnc3c(N)nc(F)nc32)C[C@@H]1C=O. The van der Waals surface area contributed by atoms with E-state index in [0.29, 0.717) is 6.29 Å². The molecule has 0 radical (unpaired) electrons. The average molecular weight is 545 g/mol. The zero-order valence-corrected chi connectivity index (χ0v) is 19.1. The van der Waals surface area contributed by atoms with Gasteiger partial charge in [0, 0.05) is 6.42 Å². The minimum absolute atomic E-state index is 0.0131. The van der Waals surface area contributed by atoms with E-state index in [1.165, 1.54) is 4.57 Å². The number of ether oxygens (including phenoxy) is 1. The van der Waals surface area contributed by atoms with Gasteiger partial charge in [-0.2, -0.15) is 23.0 Å². The van der Waals surface area contributed by atoms with E-state index >= 15 is 0 Å². The van der Waals surface area contributed by atoms with Crippen LogP contribution >= 0.6 is 23.5 Å². The molecular weight excluding hydrogens is 530 g/mol. The summed E-state index contributed by atoms with van der Waals surface area (Å²) in [6.07, 6.45) is 4.48. The number of rotatable bonds is 9. The Bertz CT molecular complexity index is 1310. The smallest absolute Gasteiger partial charge is 0.382 e. The first-order valence-corrected chi connectivity index (χ1v) is 13.2. The molecule has 0 bridgehead atoms. The van der Waals surface area contributed by atoms with Crippen LogP contribution in [0.4, 0.5) is 10.2 Å². The molecule has 2 aromatic rings. The van der Waals surface area contributed by atoms with Crippen molar-refractivity contribution < 1.29 is 60.3 Å². The highest BCUT2D eigenvalue weighted by Gasteiger charge is 2.51. The Morgan fingerprint density at radius 2 is 1.97 bits per heavy atom. The minimum Gasteiger partial charge on any atom is -0.382 e. The van der Waals surface area contributed by atoms with Crippen LogP contribution in [0.5, 0.6) is 0 Å². The van der Waals surface area contributed by atoms with Gasteiger partial charge < -0.3 is 34.8 Å². The highest BCUT2D eigenvalue weighted by Crippen LogP contribution is 2.66. The number of hydrogen-bond donors (Lipinski definition) is 5. The number of terminal acetylenes is 1. The molecule has 0 spiro atoms. The van der Waals surface area contributed by atoms with Crippen molar-refractivity contribution in [3.05, 3.63) is 12.4 Å². The minimum atomic E-state index is -5.78. The number of aldehydes is 1. The van der Waals surface area contributed by atoms with Crippen LogP contribution in [-0.2, 0) is 36.4 Å². The molecule has 186 valence electrons. The van der Waals surface area contributed by atoms with Gasteiger partial charge in [-0.25, -0.2) is 18.7 Å². The van der Waals surface area contributed by atoms with Crippen molar-refractivity contribution >= 4 is 46.7 Å². The van der Waals surface area contributed by atoms with E-state index in [0.717, 1.165) is 6.33 Å². The predicted molar refractivity (Wildman–Crippen MR) is 105 cm³/mol. The van der Waals surface area contributed by atoms with Crippen molar-refractivity contribution in [2.75, 3.05) is 12.3 Å². The molecule has 2 unspecified atom stereocenters. The van der Waals surface area contributed by atoms with Crippen molar-refractivity contribution in [1.29, 1.82) is 0 Å². The second-order valence-corrected chi connectivity index (χ2v) is 11.1. The summed E-state index contributed by atoms with van der Waals surface area (Å²) >= 11 is 0. The Morgan fingerprint density at radius 1 is 1.29 bits per heavy atom. The third-order valence-corrected chi connectivity index (χ3v) is 8.18. The van der Waals surface area contributed by atoms with Crippen molar-refractivity contribution in [1.82, 2.24) is 19.5 Å². The fourth-order valence-electron chi connectivity index (χ4n) is 3.05. The summed E-state index contributed by atoms with van der Waals surface area (Å²) in [5.41, 5.74) is 3.45. The molecule has 34 heavy (non-hydrogen) atoms. The standard InChI is InChI=1S/C13H15FN5O12P3/c1-2-13(5-28-33(24,25)31-34(26,27)30-32(21,22)23)7(4-20)3-8(29-13)19-6-16-9-10(15)17-12(14)18-11(9)19/h1,4,6-8H,3,5H2,(H,24,25)(H,26,27)(H2,15,17,18)(H2,21,22,23)/t7-,8-,13-/m1/s1. The van der Waals surface area contributed by atoms with Gasteiger partial charge in [-0.3, -0.25) is 9.09 Å². The highest BCUT2D eigenvalue weighted by atomic mass is 31.3. The molecule has 0 saturated carbocycles. The summed E-state index contributed by atoms with van der Waals surface area (Å²) in [5.74, 6) is 0.622. The van der Waals surface area contributed by atoms with E-state index < -0.39 is 53.9 Å². The van der Waals surface area contributed by atoms with Crippen LogP contribution in [0, 0.1) is 24.3 Å². The molecule has 17 nitrogen and oxygen atoms in total. The lowest BCUT2D eigenvalue weighted by Crippen LogP contribution is -2.39. The van der Waals surface area contributed by atoms with Gasteiger partial charge in [0.15, 0.2) is 22.6 Å². The molecular formula is C13H15FN5O12P3. The van der Waals surface area contributed by atoms with E-state index in [9.17, 15) is 32.7 Å². The first kappa shape index (κ1) is 26.5. The molecule has 0 aromatic carbocycles. The topological polar surface area (TPSA) is 256 Å². The van der Waals surface area contributed by atoms with Crippen molar-refractivity contribution in [3.63, 3.8) is 0 Å². The van der Waals surface area contributed by atoms with Gasteiger partial charge in [0.25, 0.3) is 0 Å². The maximum absolute atomic E-state index is 13.6. The van der Waals surface area contributed by atoms with E-state index in [-0.39, 0.29) is 23.4 Å². The molecule has 3 rings (SSSR count). The van der Waals surface area contributed by atoms with Gasteiger partial charge in [-0.05, 0) is 0 Å². The molecule has 3 heterocycles. The quantitative estimate of drug-likeness (QED) is 0.120. The number of phosphoric acid groups is 3. The number of nitrogens with zero attached hydrogens (tertiary/aromatic N) is 4. The maximum atomic E-state index is 13.6. The number of carbonyl (C=O) groups is 1. The van der Waals surface area contributed by atoms with Crippen LogP contribution < -0.4 is 5.73 Å². The molecule has 6 N–H and O–H groups in total. The first-order chi connectivity index (χ1) is 15.6. The number of hydrogen-bond acceptors (Lipinski definition) is 12. The zero-order valence-electron chi connectivity index (χ0n) is 16.4. The number of halogens is 1. The van der Waals surface area contributed by atoms with Crippen LogP contribution in [0.2, 0.25) is 0 Å². The summed E-state index contributed by atoms with van der Waals surface area (Å²) in [4.78, 5) is 58.5. The van der Waals surface area contributed by atoms with E-state index in [2.05, 4.69) is 34.0 Å². The molecule has 0 aliphatic carbocycles. The number of carbonyl (C=O) groups excluding carboxylic acids is 1. The molecule has 5 atom stereocenters. The number of anilines is 1. The lowest BCUT2D eigenvalue weighted by Gasteiger charge is -2.27. The summed E-state index contributed by atoms with van der Waals surface area (Å²) in [7, 11) is -16.9. The molecule has 1 saturated heterocycles. The second kappa shape index (κ2) is 9.15. The normalized spacial score (nSPS) is 26.6. The van der Waals surface area contributed by atoms with E-state index in [1.807, 2.05) is 0 Å². The van der Waals surface area contributed by atoms with Crippen molar-refractivity contribution in [2.24, 2.45) is 5.92 Å².